The molecule has 0 aromatic heterocycles. The maximum atomic E-state index is 5.76. The maximum Gasteiger partial charge on any atom is 0.0700 e. The van der Waals surface area contributed by atoms with Crippen LogP contribution in [-0.2, 0) is 14.2 Å². The summed E-state index contributed by atoms with van der Waals surface area (Å²) in [7, 11) is 1.71. The summed E-state index contributed by atoms with van der Waals surface area (Å²) in [5, 5.41) is 0. The molecule has 0 aliphatic rings. The topological polar surface area (TPSA) is 27.7 Å². The lowest BCUT2D eigenvalue weighted by Crippen LogP contribution is -2.02. The molecule has 0 aliphatic heterocycles. The molecule has 0 atom stereocenters. The Kier molecular flexibility index (Phi) is 25.3. The zero-order chi connectivity index (χ0) is 19.7. The third-order valence-corrected chi connectivity index (χ3v) is 4.96. The first-order chi connectivity index (χ1) is 13.4. The van der Waals surface area contributed by atoms with Gasteiger partial charge in [0.1, 0.15) is 0 Å². The summed E-state index contributed by atoms with van der Waals surface area (Å²) in [4.78, 5) is 0. The van der Waals surface area contributed by atoms with Gasteiger partial charge in [0.25, 0.3) is 0 Å². The van der Waals surface area contributed by atoms with Gasteiger partial charge in [-0.25, -0.2) is 0 Å². The Labute approximate surface area is 170 Å². The highest BCUT2D eigenvalue weighted by Gasteiger charge is 1.95. The molecule has 162 valence electrons. The van der Waals surface area contributed by atoms with E-state index in [4.69, 9.17) is 14.2 Å². The van der Waals surface area contributed by atoms with Crippen molar-refractivity contribution in [2.45, 2.75) is 103 Å². The number of hydrogen-bond donors (Lipinski definition) is 0. The molecule has 0 rings (SSSR count). The van der Waals surface area contributed by atoms with Gasteiger partial charge in [0, 0.05) is 26.9 Å². The van der Waals surface area contributed by atoms with Crippen molar-refractivity contribution in [3.8, 4) is 0 Å². The Balaban J connectivity index is 2.96. The summed E-state index contributed by atoms with van der Waals surface area (Å²) in [6.07, 6.45) is 23.1. The Morgan fingerprint density at radius 1 is 0.481 bits per heavy atom. The highest BCUT2D eigenvalue weighted by molar-refractivity contribution is 4.65. The van der Waals surface area contributed by atoms with E-state index < -0.39 is 0 Å². The second-order valence-corrected chi connectivity index (χ2v) is 7.60. The van der Waals surface area contributed by atoms with Gasteiger partial charge in [0.15, 0.2) is 0 Å². The molecule has 0 saturated carbocycles. The van der Waals surface area contributed by atoms with E-state index in [2.05, 4.69) is 6.58 Å². The number of ether oxygens (including phenoxy) is 3. The van der Waals surface area contributed by atoms with E-state index in [9.17, 15) is 0 Å². The van der Waals surface area contributed by atoms with Crippen molar-refractivity contribution in [2.75, 3.05) is 40.1 Å². The van der Waals surface area contributed by atoms with Crippen LogP contribution in [0.2, 0.25) is 0 Å². The molecule has 0 N–H and O–H groups in total. The van der Waals surface area contributed by atoms with E-state index in [0.29, 0.717) is 6.61 Å². The normalized spacial score (nSPS) is 11.1. The van der Waals surface area contributed by atoms with Crippen molar-refractivity contribution in [3.05, 3.63) is 12.7 Å². The van der Waals surface area contributed by atoms with Gasteiger partial charge in [-0.2, -0.15) is 0 Å². The highest BCUT2D eigenvalue weighted by atomic mass is 16.5. The van der Waals surface area contributed by atoms with E-state index in [1.807, 2.05) is 6.08 Å². The first-order valence-electron chi connectivity index (χ1n) is 11.7. The Bertz CT molecular complexity index is 268. The summed E-state index contributed by atoms with van der Waals surface area (Å²) >= 11 is 0. The number of methoxy groups -OCH3 is 1. The van der Waals surface area contributed by atoms with Crippen molar-refractivity contribution in [3.63, 3.8) is 0 Å². The summed E-state index contributed by atoms with van der Waals surface area (Å²) in [6, 6.07) is 0. The average Bonchev–Trinajstić information content (AvgIpc) is 2.68. The van der Waals surface area contributed by atoms with Crippen LogP contribution in [0.25, 0.3) is 0 Å². The third-order valence-electron chi connectivity index (χ3n) is 4.96. The van der Waals surface area contributed by atoms with Crippen LogP contribution >= 0.6 is 0 Å². The Morgan fingerprint density at radius 2 is 0.852 bits per heavy atom. The second-order valence-electron chi connectivity index (χ2n) is 7.60. The highest BCUT2D eigenvalue weighted by Crippen LogP contribution is 2.10. The van der Waals surface area contributed by atoms with Crippen molar-refractivity contribution in [2.24, 2.45) is 0 Å². The van der Waals surface area contributed by atoms with Crippen LogP contribution < -0.4 is 0 Å². The predicted molar refractivity (Wildman–Crippen MR) is 118 cm³/mol. The van der Waals surface area contributed by atoms with Gasteiger partial charge in [-0.15, -0.1) is 6.58 Å². The first-order valence-corrected chi connectivity index (χ1v) is 11.7. The number of allylic oxidation sites excluding steroid dienone is 1. The fourth-order valence-electron chi connectivity index (χ4n) is 3.19. The van der Waals surface area contributed by atoms with Crippen molar-refractivity contribution >= 4 is 0 Å². The van der Waals surface area contributed by atoms with Crippen LogP contribution in [0.15, 0.2) is 12.7 Å². The lowest BCUT2D eigenvalue weighted by Gasteiger charge is -2.05. The molecule has 0 fully saturated rings. The number of hydrogen-bond acceptors (Lipinski definition) is 3. The smallest absolute Gasteiger partial charge is 0.0700 e. The van der Waals surface area contributed by atoms with Gasteiger partial charge in [-0.05, 0) is 32.1 Å². The molecule has 0 spiro atoms. The molecule has 3 nitrogen and oxygen atoms in total. The average molecular weight is 385 g/mol. The van der Waals surface area contributed by atoms with Gasteiger partial charge in [0.05, 0.1) is 13.2 Å². The maximum absolute atomic E-state index is 5.76. The quantitative estimate of drug-likeness (QED) is 0.131. The zero-order valence-corrected chi connectivity index (χ0v) is 18.4. The molecule has 0 bridgehead atoms. The SMILES string of the molecule is C=CCCCCCCCCCOCCCCCCCCCCOCCOC. The molecule has 0 radical (unpaired) electrons. The fraction of sp³-hybridized carbons (Fsp3) is 0.917. The minimum Gasteiger partial charge on any atom is -0.382 e. The molecular weight excluding hydrogens is 336 g/mol. The summed E-state index contributed by atoms with van der Waals surface area (Å²) in [6.45, 7) is 8.01. The van der Waals surface area contributed by atoms with E-state index in [1.54, 1.807) is 7.11 Å². The first kappa shape index (κ1) is 26.6. The van der Waals surface area contributed by atoms with Crippen LogP contribution in [0.1, 0.15) is 103 Å². The van der Waals surface area contributed by atoms with E-state index in [1.165, 1.54) is 103 Å². The summed E-state index contributed by atoms with van der Waals surface area (Å²) in [5.74, 6) is 0. The minimum atomic E-state index is 0.709. The Hall–Kier alpha value is -0.380. The molecular formula is C24H48O3. The van der Waals surface area contributed by atoms with Crippen LogP contribution in [0.3, 0.4) is 0 Å². The van der Waals surface area contributed by atoms with Gasteiger partial charge < -0.3 is 14.2 Å². The van der Waals surface area contributed by atoms with E-state index in [-0.39, 0.29) is 0 Å². The summed E-state index contributed by atoms with van der Waals surface area (Å²) < 4.78 is 16.2. The zero-order valence-electron chi connectivity index (χ0n) is 18.4. The molecule has 0 saturated heterocycles. The van der Waals surface area contributed by atoms with Crippen LogP contribution in [0, 0.1) is 0 Å². The van der Waals surface area contributed by atoms with E-state index >= 15 is 0 Å². The van der Waals surface area contributed by atoms with Crippen LogP contribution in [0.4, 0.5) is 0 Å². The van der Waals surface area contributed by atoms with E-state index in [0.717, 1.165) is 26.4 Å². The van der Waals surface area contributed by atoms with Crippen LogP contribution in [-0.4, -0.2) is 40.1 Å². The van der Waals surface area contributed by atoms with Gasteiger partial charge in [0.2, 0.25) is 0 Å². The van der Waals surface area contributed by atoms with Crippen molar-refractivity contribution < 1.29 is 14.2 Å². The summed E-state index contributed by atoms with van der Waals surface area (Å²) in [5.41, 5.74) is 0. The largest absolute Gasteiger partial charge is 0.382 e. The third kappa shape index (κ3) is 25.6. The van der Waals surface area contributed by atoms with Crippen molar-refractivity contribution in [1.82, 2.24) is 0 Å². The molecule has 0 aromatic rings. The molecule has 3 heteroatoms. The number of rotatable bonds is 24. The van der Waals surface area contributed by atoms with Crippen molar-refractivity contribution in [1.29, 1.82) is 0 Å². The monoisotopic (exact) mass is 384 g/mol. The second kappa shape index (κ2) is 25.6. The van der Waals surface area contributed by atoms with Gasteiger partial charge in [-0.1, -0.05) is 76.7 Å². The molecule has 0 aromatic carbocycles. The molecule has 0 unspecified atom stereocenters. The fourth-order valence-corrected chi connectivity index (χ4v) is 3.19. The number of unbranched alkanes of at least 4 members (excludes halogenated alkanes) is 14. The lowest BCUT2D eigenvalue weighted by atomic mass is 10.1. The molecule has 0 amide bonds. The van der Waals surface area contributed by atoms with Crippen LogP contribution in [0.5, 0.6) is 0 Å². The Morgan fingerprint density at radius 3 is 1.26 bits per heavy atom. The molecule has 0 heterocycles. The van der Waals surface area contributed by atoms with Gasteiger partial charge >= 0.3 is 0 Å². The molecule has 0 aliphatic carbocycles. The lowest BCUT2D eigenvalue weighted by molar-refractivity contribution is 0.0685. The minimum absolute atomic E-state index is 0.709. The standard InChI is InChI=1S/C24H48O3/c1-3-4-5-6-7-8-11-14-17-20-26-21-18-15-12-9-10-13-16-19-22-27-24-23-25-2/h3H,1,4-24H2,2H3. The van der Waals surface area contributed by atoms with Gasteiger partial charge in [-0.3, -0.25) is 0 Å². The molecule has 27 heavy (non-hydrogen) atoms. The predicted octanol–water partition coefficient (Wildman–Crippen LogP) is 7.09.